The van der Waals surface area contributed by atoms with Gasteiger partial charge in [-0.2, -0.15) is 0 Å². The van der Waals surface area contributed by atoms with Gasteiger partial charge >= 0.3 is 12.0 Å². The van der Waals surface area contributed by atoms with Gasteiger partial charge in [0.1, 0.15) is 5.82 Å². The summed E-state index contributed by atoms with van der Waals surface area (Å²) in [6.45, 7) is 4.22. The number of amides is 2. The van der Waals surface area contributed by atoms with Crippen molar-refractivity contribution < 1.29 is 14.7 Å². The number of rotatable bonds is 7. The lowest BCUT2D eigenvalue weighted by Gasteiger charge is -2.16. The van der Waals surface area contributed by atoms with E-state index in [0.717, 1.165) is 5.82 Å². The van der Waals surface area contributed by atoms with Gasteiger partial charge in [-0.15, -0.1) is 0 Å². The predicted octanol–water partition coefficient (Wildman–Crippen LogP) is 0.619. The van der Waals surface area contributed by atoms with Gasteiger partial charge in [0.05, 0.1) is 5.92 Å². The summed E-state index contributed by atoms with van der Waals surface area (Å²) in [5.74, 6) is -0.611. The van der Waals surface area contributed by atoms with Crippen LogP contribution in [-0.2, 0) is 18.3 Å². The van der Waals surface area contributed by atoms with Gasteiger partial charge in [-0.3, -0.25) is 4.79 Å². The van der Waals surface area contributed by atoms with Gasteiger partial charge < -0.3 is 20.3 Å². The third-order valence-electron chi connectivity index (χ3n) is 3.16. The van der Waals surface area contributed by atoms with E-state index in [4.69, 9.17) is 5.11 Å². The predicted molar refractivity (Wildman–Crippen MR) is 74.3 cm³/mol. The Morgan fingerprint density at radius 3 is 2.60 bits per heavy atom. The van der Waals surface area contributed by atoms with Gasteiger partial charge in [0.25, 0.3) is 0 Å². The SMILES string of the molecule is CC(C)C(CNC(=O)NCCc1nccn1C)C(=O)O. The fraction of sp³-hybridized carbons (Fsp3) is 0.615. The first kappa shape index (κ1) is 16.0. The quantitative estimate of drug-likeness (QED) is 0.683. The standard InChI is InChI=1S/C13H22N4O3/c1-9(2)10(12(18)19)8-16-13(20)15-5-4-11-14-6-7-17(11)3/h6-7,9-10H,4-5,8H2,1-3H3,(H,18,19)(H2,15,16,20). The second-order valence-electron chi connectivity index (χ2n) is 5.03. The molecule has 1 atom stereocenters. The van der Waals surface area contributed by atoms with Gasteiger partial charge in [0.15, 0.2) is 0 Å². The van der Waals surface area contributed by atoms with Crippen LogP contribution in [0.15, 0.2) is 12.4 Å². The Hall–Kier alpha value is -2.05. The van der Waals surface area contributed by atoms with Crippen molar-refractivity contribution in [3.63, 3.8) is 0 Å². The van der Waals surface area contributed by atoms with E-state index in [1.807, 2.05) is 31.7 Å². The van der Waals surface area contributed by atoms with E-state index >= 15 is 0 Å². The molecule has 0 bridgehead atoms. The van der Waals surface area contributed by atoms with E-state index in [9.17, 15) is 9.59 Å². The van der Waals surface area contributed by atoms with Crippen molar-refractivity contribution >= 4 is 12.0 Å². The fourth-order valence-electron chi connectivity index (χ4n) is 1.80. The lowest BCUT2D eigenvalue weighted by molar-refractivity contribution is -0.142. The molecule has 1 rings (SSSR count). The molecular formula is C13H22N4O3. The van der Waals surface area contributed by atoms with Gasteiger partial charge in [-0.1, -0.05) is 13.8 Å². The molecule has 20 heavy (non-hydrogen) atoms. The summed E-state index contributed by atoms with van der Waals surface area (Å²) in [7, 11) is 1.89. The number of aliphatic carboxylic acids is 1. The third-order valence-corrected chi connectivity index (χ3v) is 3.16. The first-order valence-electron chi connectivity index (χ1n) is 6.62. The molecular weight excluding hydrogens is 260 g/mol. The van der Waals surface area contributed by atoms with E-state index in [1.165, 1.54) is 0 Å². The average molecular weight is 282 g/mol. The zero-order valence-electron chi connectivity index (χ0n) is 12.1. The van der Waals surface area contributed by atoms with Crippen LogP contribution in [0.25, 0.3) is 0 Å². The molecule has 2 amide bonds. The lowest BCUT2D eigenvalue weighted by Crippen LogP contribution is -2.41. The molecule has 1 unspecified atom stereocenters. The van der Waals surface area contributed by atoms with Crippen molar-refractivity contribution in [2.45, 2.75) is 20.3 Å². The number of urea groups is 1. The molecule has 1 heterocycles. The Kier molecular flexibility index (Phi) is 6.02. The van der Waals surface area contributed by atoms with Crippen LogP contribution in [0.2, 0.25) is 0 Å². The second-order valence-corrected chi connectivity index (χ2v) is 5.03. The summed E-state index contributed by atoms with van der Waals surface area (Å²) in [5, 5.41) is 14.3. The summed E-state index contributed by atoms with van der Waals surface area (Å²) in [5.41, 5.74) is 0. The molecule has 0 aliphatic heterocycles. The Labute approximate surface area is 118 Å². The van der Waals surface area contributed by atoms with Crippen LogP contribution >= 0.6 is 0 Å². The number of nitrogens with zero attached hydrogens (tertiary/aromatic N) is 2. The number of carbonyl (C=O) groups excluding carboxylic acids is 1. The maximum absolute atomic E-state index is 11.6. The van der Waals surface area contributed by atoms with Crippen LogP contribution in [0.1, 0.15) is 19.7 Å². The molecule has 0 aliphatic carbocycles. The van der Waals surface area contributed by atoms with E-state index in [2.05, 4.69) is 15.6 Å². The molecule has 1 aromatic rings. The highest BCUT2D eigenvalue weighted by Crippen LogP contribution is 2.09. The monoisotopic (exact) mass is 282 g/mol. The average Bonchev–Trinajstić information content (AvgIpc) is 2.74. The lowest BCUT2D eigenvalue weighted by atomic mass is 9.96. The Bertz CT molecular complexity index is 456. The molecule has 0 saturated heterocycles. The van der Waals surface area contributed by atoms with Crippen molar-refractivity contribution in [1.82, 2.24) is 20.2 Å². The maximum atomic E-state index is 11.6. The van der Waals surface area contributed by atoms with Crippen LogP contribution in [0.5, 0.6) is 0 Å². The van der Waals surface area contributed by atoms with Crippen molar-refractivity contribution in [3.8, 4) is 0 Å². The Morgan fingerprint density at radius 1 is 1.40 bits per heavy atom. The highest BCUT2D eigenvalue weighted by Gasteiger charge is 2.21. The second kappa shape index (κ2) is 7.52. The number of carboxylic acid groups (broad SMARTS) is 1. The summed E-state index contributed by atoms with van der Waals surface area (Å²) in [6.07, 6.45) is 4.18. The summed E-state index contributed by atoms with van der Waals surface area (Å²) in [6, 6.07) is -0.355. The van der Waals surface area contributed by atoms with Gasteiger partial charge in [0.2, 0.25) is 0 Å². The minimum absolute atomic E-state index is 0.0274. The highest BCUT2D eigenvalue weighted by molar-refractivity contribution is 5.75. The van der Waals surface area contributed by atoms with Crippen molar-refractivity contribution in [2.75, 3.05) is 13.1 Å². The van der Waals surface area contributed by atoms with Crippen molar-refractivity contribution in [1.29, 1.82) is 0 Å². The summed E-state index contributed by atoms with van der Waals surface area (Å²) >= 11 is 0. The number of hydrogen-bond donors (Lipinski definition) is 3. The van der Waals surface area contributed by atoms with Crippen molar-refractivity contribution in [3.05, 3.63) is 18.2 Å². The van der Waals surface area contributed by atoms with E-state index in [1.54, 1.807) is 6.20 Å². The maximum Gasteiger partial charge on any atom is 0.314 e. The minimum Gasteiger partial charge on any atom is -0.481 e. The molecule has 7 nitrogen and oxygen atoms in total. The van der Waals surface area contributed by atoms with E-state index < -0.39 is 11.9 Å². The molecule has 0 fully saturated rings. The number of carbonyl (C=O) groups is 2. The van der Waals surface area contributed by atoms with E-state index in [-0.39, 0.29) is 18.5 Å². The van der Waals surface area contributed by atoms with E-state index in [0.29, 0.717) is 13.0 Å². The fourth-order valence-corrected chi connectivity index (χ4v) is 1.80. The zero-order chi connectivity index (χ0) is 15.1. The molecule has 0 aliphatic rings. The molecule has 0 aromatic carbocycles. The first-order valence-corrected chi connectivity index (χ1v) is 6.62. The number of hydrogen-bond acceptors (Lipinski definition) is 3. The smallest absolute Gasteiger partial charge is 0.314 e. The third kappa shape index (κ3) is 4.91. The van der Waals surface area contributed by atoms with Gasteiger partial charge in [-0.05, 0) is 5.92 Å². The molecule has 0 spiro atoms. The number of carboxylic acids is 1. The minimum atomic E-state index is -0.895. The van der Waals surface area contributed by atoms with Crippen LogP contribution < -0.4 is 10.6 Å². The molecule has 7 heteroatoms. The Morgan fingerprint density at radius 2 is 2.10 bits per heavy atom. The molecule has 3 N–H and O–H groups in total. The van der Waals surface area contributed by atoms with Crippen LogP contribution in [0, 0.1) is 11.8 Å². The van der Waals surface area contributed by atoms with Crippen molar-refractivity contribution in [2.24, 2.45) is 18.9 Å². The normalized spacial score (nSPS) is 12.2. The number of imidazole rings is 1. The number of aromatic nitrogens is 2. The zero-order valence-corrected chi connectivity index (χ0v) is 12.1. The number of nitrogens with one attached hydrogen (secondary N) is 2. The first-order chi connectivity index (χ1) is 9.41. The van der Waals surface area contributed by atoms with Crippen LogP contribution in [0.3, 0.4) is 0 Å². The molecule has 0 saturated carbocycles. The largest absolute Gasteiger partial charge is 0.481 e. The molecule has 0 radical (unpaired) electrons. The van der Waals surface area contributed by atoms with Crippen LogP contribution in [-0.4, -0.2) is 39.7 Å². The summed E-state index contributed by atoms with van der Waals surface area (Å²) < 4.78 is 1.89. The number of aryl methyl sites for hydroxylation is 1. The van der Waals surface area contributed by atoms with Gasteiger partial charge in [-0.25, -0.2) is 9.78 Å². The summed E-state index contributed by atoms with van der Waals surface area (Å²) in [4.78, 5) is 26.7. The molecule has 1 aromatic heterocycles. The Balaban J connectivity index is 2.27. The topological polar surface area (TPSA) is 96.3 Å². The highest BCUT2D eigenvalue weighted by atomic mass is 16.4. The van der Waals surface area contributed by atoms with Gasteiger partial charge in [0, 0.05) is 39.0 Å². The molecule has 112 valence electrons. The van der Waals surface area contributed by atoms with Crippen LogP contribution in [0.4, 0.5) is 4.79 Å².